The first-order valence-corrected chi connectivity index (χ1v) is 15.0. The molecule has 0 bridgehead atoms. The lowest BCUT2D eigenvalue weighted by molar-refractivity contribution is -0.138. The number of alkyl halides is 6. The van der Waals surface area contributed by atoms with Crippen molar-refractivity contribution >= 4 is 12.1 Å². The van der Waals surface area contributed by atoms with Crippen LogP contribution in [0.25, 0.3) is 22.3 Å². The molecule has 2 saturated heterocycles. The summed E-state index contributed by atoms with van der Waals surface area (Å²) < 4.78 is 108. The number of carbonyl (C=O) groups is 2. The number of hydrogen-bond donors (Lipinski definition) is 1. The summed E-state index contributed by atoms with van der Waals surface area (Å²) in [6.07, 6.45) is -9.65. The number of amides is 1. The zero-order chi connectivity index (χ0) is 35.4. The fourth-order valence-corrected chi connectivity index (χ4v) is 6.71. The normalized spacial score (nSPS) is 19.4. The lowest BCUT2D eigenvalue weighted by Gasteiger charge is -2.38. The highest BCUT2D eigenvalue weighted by atomic mass is 19.4. The molecule has 14 heteroatoms. The molecule has 4 aromatic rings. The topological polar surface area (TPSA) is 89.0 Å². The fraction of sp³-hybridized carbons (Fsp3) is 0.286. The molecule has 0 saturated carbocycles. The molecular formula is C35H27F7N2O5. The van der Waals surface area contributed by atoms with Crippen molar-refractivity contribution in [1.29, 1.82) is 0 Å². The second kappa shape index (κ2) is 12.4. The number of rotatable bonds is 6. The van der Waals surface area contributed by atoms with Gasteiger partial charge in [-0.1, -0.05) is 12.1 Å². The minimum absolute atomic E-state index is 0.0539. The van der Waals surface area contributed by atoms with Gasteiger partial charge in [0.1, 0.15) is 11.9 Å². The van der Waals surface area contributed by atoms with Crippen molar-refractivity contribution in [1.82, 2.24) is 9.88 Å². The maximum atomic E-state index is 14.4. The van der Waals surface area contributed by atoms with Crippen molar-refractivity contribution in [2.45, 2.75) is 56.7 Å². The summed E-state index contributed by atoms with van der Waals surface area (Å²) in [5.41, 5.74) is -0.138. The Bertz CT molecular complexity index is 1960. The van der Waals surface area contributed by atoms with Gasteiger partial charge in [0.25, 0.3) is 0 Å². The first-order chi connectivity index (χ1) is 23.1. The lowest BCUT2D eigenvalue weighted by atomic mass is 9.84. The molecule has 256 valence electrons. The number of carbonyl (C=O) groups excluding carboxylic acids is 1. The van der Waals surface area contributed by atoms with Gasteiger partial charge in [0.15, 0.2) is 0 Å². The Morgan fingerprint density at radius 1 is 0.918 bits per heavy atom. The summed E-state index contributed by atoms with van der Waals surface area (Å²) in [4.78, 5) is 30.5. The molecule has 2 aliphatic heterocycles. The van der Waals surface area contributed by atoms with Gasteiger partial charge in [-0.2, -0.15) is 26.3 Å². The fourth-order valence-electron chi connectivity index (χ4n) is 6.71. The van der Waals surface area contributed by atoms with E-state index < -0.39 is 59.5 Å². The maximum absolute atomic E-state index is 14.4. The lowest BCUT2D eigenvalue weighted by Crippen LogP contribution is -2.41. The van der Waals surface area contributed by atoms with Crippen LogP contribution in [0.2, 0.25) is 0 Å². The maximum Gasteiger partial charge on any atom is 0.416 e. The number of methoxy groups -OCH3 is 1. The van der Waals surface area contributed by atoms with Crippen molar-refractivity contribution in [3.8, 4) is 28.1 Å². The van der Waals surface area contributed by atoms with Crippen LogP contribution in [0.15, 0.2) is 66.9 Å². The van der Waals surface area contributed by atoms with E-state index in [9.17, 15) is 45.4 Å². The first kappa shape index (κ1) is 33.7. The molecule has 0 unspecified atom stereocenters. The second-order valence-electron chi connectivity index (χ2n) is 11.9. The van der Waals surface area contributed by atoms with Crippen molar-refractivity contribution in [3.05, 3.63) is 106 Å². The van der Waals surface area contributed by atoms with Crippen molar-refractivity contribution in [2.75, 3.05) is 7.11 Å². The molecule has 3 heterocycles. The number of benzene rings is 3. The summed E-state index contributed by atoms with van der Waals surface area (Å²) in [6.45, 7) is 1.70. The Balaban J connectivity index is 1.48. The highest BCUT2D eigenvalue weighted by Crippen LogP contribution is 2.50. The number of nitrogens with zero attached hydrogens (tertiary/aromatic N) is 2. The smallest absolute Gasteiger partial charge is 0.416 e. The molecular weight excluding hydrogens is 661 g/mol. The summed E-state index contributed by atoms with van der Waals surface area (Å²) in [7, 11) is 1.33. The third-order valence-corrected chi connectivity index (χ3v) is 8.89. The number of aryl methyl sites for hydroxylation is 1. The quantitative estimate of drug-likeness (QED) is 0.203. The Labute approximate surface area is 274 Å². The summed E-state index contributed by atoms with van der Waals surface area (Å²) in [6, 6.07) is 9.11. The summed E-state index contributed by atoms with van der Waals surface area (Å²) >= 11 is 0. The Kier molecular flexibility index (Phi) is 8.53. The number of carboxylic acid groups (broad SMARTS) is 1. The predicted molar refractivity (Wildman–Crippen MR) is 161 cm³/mol. The number of aromatic carboxylic acids is 1. The van der Waals surface area contributed by atoms with Crippen LogP contribution >= 0.6 is 0 Å². The van der Waals surface area contributed by atoms with E-state index in [0.717, 1.165) is 18.2 Å². The Hall–Kier alpha value is -5.14. The highest BCUT2D eigenvalue weighted by Gasteiger charge is 2.49. The van der Waals surface area contributed by atoms with E-state index in [1.807, 2.05) is 0 Å². The molecule has 1 N–H and O–H groups in total. The molecule has 6 rings (SSSR count). The average Bonchev–Trinajstić information content (AvgIpc) is 3.39. The van der Waals surface area contributed by atoms with E-state index in [-0.39, 0.29) is 46.5 Å². The van der Waals surface area contributed by atoms with Gasteiger partial charge < -0.3 is 14.6 Å². The molecule has 2 aliphatic rings. The van der Waals surface area contributed by atoms with E-state index in [1.54, 1.807) is 19.1 Å². The van der Waals surface area contributed by atoms with Crippen LogP contribution in [0.5, 0.6) is 5.88 Å². The van der Waals surface area contributed by atoms with Crippen LogP contribution in [0.3, 0.4) is 0 Å². The molecule has 3 atom stereocenters. The number of aromatic nitrogens is 1. The van der Waals surface area contributed by atoms with E-state index >= 15 is 0 Å². The third-order valence-electron chi connectivity index (χ3n) is 8.89. The van der Waals surface area contributed by atoms with Crippen LogP contribution in [0.1, 0.15) is 69.6 Å². The van der Waals surface area contributed by atoms with Crippen LogP contribution in [-0.2, 0) is 17.1 Å². The first-order valence-electron chi connectivity index (χ1n) is 15.0. The van der Waals surface area contributed by atoms with Crippen molar-refractivity contribution in [3.63, 3.8) is 0 Å². The van der Waals surface area contributed by atoms with Gasteiger partial charge in [-0.25, -0.2) is 19.0 Å². The molecule has 2 fully saturated rings. The number of fused-ring (bicyclic) bond motifs is 1. The van der Waals surface area contributed by atoms with Crippen molar-refractivity contribution < 1.29 is 54.9 Å². The number of halogens is 7. The zero-order valence-electron chi connectivity index (χ0n) is 25.8. The summed E-state index contributed by atoms with van der Waals surface area (Å²) in [5, 5.41) is 9.38. The number of piperidine rings is 1. The molecule has 1 aromatic heterocycles. The molecule has 0 radical (unpaired) electrons. The monoisotopic (exact) mass is 688 g/mol. The standard InChI is InChI=1S/C35H27F7N2O5/c1-17-10-18(32(45)46)6-8-24(17)20-13-27(31(48-2)43-16-20)25-9-7-21(34(37,38)39)15-26(25)28-4-3-5-29-30(49-33(47)44(28)29)19-11-22(35(40,41)42)14-23(36)12-19/h6-16,28-30H,3-5H2,1-2H3,(H,45,46)/t28-,29-,30+/m0/s1. The molecule has 1 amide bonds. The Morgan fingerprint density at radius 2 is 1.63 bits per heavy atom. The van der Waals surface area contributed by atoms with Gasteiger partial charge in [-0.3, -0.25) is 4.90 Å². The van der Waals surface area contributed by atoms with Gasteiger partial charge in [0.2, 0.25) is 5.88 Å². The van der Waals surface area contributed by atoms with Crippen LogP contribution in [0.4, 0.5) is 35.5 Å². The number of carboxylic acids is 1. The van der Waals surface area contributed by atoms with Gasteiger partial charge in [-0.05, 0) is 103 Å². The molecule has 7 nitrogen and oxygen atoms in total. The number of ether oxygens (including phenoxy) is 2. The van der Waals surface area contributed by atoms with Crippen LogP contribution < -0.4 is 4.74 Å². The number of cyclic esters (lactones) is 1. The largest absolute Gasteiger partial charge is 0.481 e. The highest BCUT2D eigenvalue weighted by molar-refractivity contribution is 5.89. The average molecular weight is 689 g/mol. The van der Waals surface area contributed by atoms with E-state index in [1.165, 1.54) is 36.4 Å². The van der Waals surface area contributed by atoms with Crippen LogP contribution in [0, 0.1) is 12.7 Å². The van der Waals surface area contributed by atoms with Gasteiger partial charge in [0, 0.05) is 17.3 Å². The third kappa shape index (κ3) is 6.39. The minimum Gasteiger partial charge on any atom is -0.481 e. The van der Waals surface area contributed by atoms with E-state index in [2.05, 4.69) is 4.98 Å². The molecule has 3 aromatic carbocycles. The molecule has 49 heavy (non-hydrogen) atoms. The van der Waals surface area contributed by atoms with E-state index in [0.29, 0.717) is 35.2 Å². The molecule has 0 aliphatic carbocycles. The Morgan fingerprint density at radius 3 is 2.29 bits per heavy atom. The van der Waals surface area contributed by atoms with Gasteiger partial charge in [0.05, 0.1) is 35.9 Å². The number of pyridine rings is 1. The molecule has 0 spiro atoms. The number of hydrogen-bond acceptors (Lipinski definition) is 5. The van der Waals surface area contributed by atoms with Gasteiger partial charge in [-0.15, -0.1) is 0 Å². The van der Waals surface area contributed by atoms with Gasteiger partial charge >= 0.3 is 24.4 Å². The predicted octanol–water partition coefficient (Wildman–Crippen LogP) is 9.39. The van der Waals surface area contributed by atoms with Crippen LogP contribution in [-0.4, -0.2) is 40.2 Å². The van der Waals surface area contributed by atoms with Crippen molar-refractivity contribution in [2.24, 2.45) is 0 Å². The zero-order valence-corrected chi connectivity index (χ0v) is 25.8. The minimum atomic E-state index is -4.88. The van der Waals surface area contributed by atoms with E-state index in [4.69, 9.17) is 9.47 Å². The SMILES string of the molecule is COc1ncc(-c2ccc(C(=O)O)cc2C)cc1-c1ccc(C(F)(F)F)cc1[C@@H]1CCC[C@H]2[C@@H](c3cc(F)cc(C(F)(F)F)c3)OC(=O)N12. The summed E-state index contributed by atoms with van der Waals surface area (Å²) in [5.74, 6) is -2.25. The second-order valence-corrected chi connectivity index (χ2v) is 11.9.